The van der Waals surface area contributed by atoms with E-state index in [1.807, 2.05) is 14.1 Å². The first-order chi connectivity index (χ1) is 23.5. The number of carbonyl (C=O) groups excluding carboxylic acids is 2. The summed E-state index contributed by atoms with van der Waals surface area (Å²) in [5.74, 6) is -2.05. The van der Waals surface area contributed by atoms with Crippen molar-refractivity contribution in [2.45, 2.75) is 161 Å². The molecule has 1 aliphatic heterocycles. The van der Waals surface area contributed by atoms with E-state index in [9.17, 15) is 9.59 Å². The molecular weight excluding hydrogens is 594 g/mol. The fraction of sp³-hybridized carbons (Fsp3) is 0.674. The standard InChI is InChI=1S/C43H71NO4/c1-5-7-9-11-13-15-17-19-21-23-25-27-29-31-33-35-41(45)43(47-39-40(48-43)37-38-44(3)4)42(46)36-34-32-30-28-26-24-22-20-18-16-14-12-10-8-6-2/h7-10,13-16,19-22,40H,5-6,11-12,17-18,23-39H2,1-4H3/b9-7-,10-8-,15-13-,16-14-,21-19-,22-20-. The van der Waals surface area contributed by atoms with Gasteiger partial charge in [-0.3, -0.25) is 9.59 Å². The fourth-order valence-electron chi connectivity index (χ4n) is 5.64. The van der Waals surface area contributed by atoms with Crippen molar-refractivity contribution in [3.05, 3.63) is 72.9 Å². The van der Waals surface area contributed by atoms with Crippen LogP contribution in [0, 0.1) is 0 Å². The highest BCUT2D eigenvalue weighted by Crippen LogP contribution is 2.31. The van der Waals surface area contributed by atoms with Gasteiger partial charge in [0.1, 0.15) is 0 Å². The van der Waals surface area contributed by atoms with E-state index in [1.165, 1.54) is 12.8 Å². The van der Waals surface area contributed by atoms with Crippen LogP contribution in [0.2, 0.25) is 0 Å². The maximum absolute atomic E-state index is 13.5. The molecule has 0 N–H and O–H groups in total. The minimum absolute atomic E-state index is 0.180. The quantitative estimate of drug-likeness (QED) is 0.0419. The van der Waals surface area contributed by atoms with Crippen molar-refractivity contribution in [1.29, 1.82) is 0 Å². The largest absolute Gasteiger partial charge is 0.335 e. The van der Waals surface area contributed by atoms with Crippen LogP contribution in [0.4, 0.5) is 0 Å². The second kappa shape index (κ2) is 30.7. The molecule has 0 aromatic carbocycles. The number of hydrogen-bond donors (Lipinski definition) is 0. The average Bonchev–Trinajstić information content (AvgIpc) is 3.53. The summed E-state index contributed by atoms with van der Waals surface area (Å²) in [5.41, 5.74) is 0. The maximum Gasteiger partial charge on any atom is 0.290 e. The van der Waals surface area contributed by atoms with Gasteiger partial charge in [-0.05, 0) is 97.6 Å². The van der Waals surface area contributed by atoms with Gasteiger partial charge in [0.05, 0.1) is 12.7 Å². The molecule has 0 bridgehead atoms. The number of carbonyl (C=O) groups is 2. The molecule has 0 spiro atoms. The van der Waals surface area contributed by atoms with Gasteiger partial charge in [0.15, 0.2) is 11.6 Å². The van der Waals surface area contributed by atoms with Crippen LogP contribution in [0.5, 0.6) is 0 Å². The van der Waals surface area contributed by atoms with E-state index in [4.69, 9.17) is 9.47 Å². The number of Topliss-reactive ketones (excluding diaryl/α,β-unsaturated/α-hetero) is 2. The van der Waals surface area contributed by atoms with Crippen molar-refractivity contribution in [2.75, 3.05) is 27.2 Å². The SMILES string of the molecule is CC/C=C\C/C=C\C/C=C\CCCCCCCC(=O)C1(C(=O)CCCCCCC/C=C\C/C=C\C/C=C\CC)OCC(CCN(C)C)O1. The lowest BCUT2D eigenvalue weighted by molar-refractivity contribution is -0.191. The number of hydrogen-bond acceptors (Lipinski definition) is 5. The Hall–Kier alpha value is -2.34. The van der Waals surface area contributed by atoms with Gasteiger partial charge < -0.3 is 14.4 Å². The molecule has 1 fully saturated rings. The monoisotopic (exact) mass is 666 g/mol. The molecule has 0 aliphatic carbocycles. The highest BCUT2D eigenvalue weighted by Gasteiger charge is 2.52. The Morgan fingerprint density at radius 1 is 0.583 bits per heavy atom. The van der Waals surface area contributed by atoms with Crippen molar-refractivity contribution in [1.82, 2.24) is 4.90 Å². The number of unbranched alkanes of at least 4 members (excludes halogenated alkanes) is 10. The van der Waals surface area contributed by atoms with Crippen molar-refractivity contribution in [3.8, 4) is 0 Å². The Balaban J connectivity index is 2.34. The maximum atomic E-state index is 13.5. The molecule has 1 rings (SSSR count). The Bertz CT molecular complexity index is 923. The van der Waals surface area contributed by atoms with Gasteiger partial charge in [0.25, 0.3) is 5.79 Å². The molecule has 0 radical (unpaired) electrons. The number of rotatable bonds is 31. The third-order valence-corrected chi connectivity index (χ3v) is 8.55. The molecule has 0 aromatic rings. The Morgan fingerprint density at radius 2 is 0.979 bits per heavy atom. The number of ketones is 2. The van der Waals surface area contributed by atoms with E-state index in [0.29, 0.717) is 19.4 Å². The van der Waals surface area contributed by atoms with Crippen LogP contribution in [0.15, 0.2) is 72.9 Å². The van der Waals surface area contributed by atoms with Crippen LogP contribution in [-0.4, -0.2) is 55.6 Å². The minimum Gasteiger partial charge on any atom is -0.335 e. The zero-order valence-corrected chi connectivity index (χ0v) is 31.3. The molecule has 5 nitrogen and oxygen atoms in total. The van der Waals surface area contributed by atoms with Gasteiger partial charge in [0, 0.05) is 19.4 Å². The van der Waals surface area contributed by atoms with Crippen molar-refractivity contribution in [2.24, 2.45) is 0 Å². The number of nitrogens with zero attached hydrogens (tertiary/aromatic N) is 1. The summed E-state index contributed by atoms with van der Waals surface area (Å²) >= 11 is 0. The van der Waals surface area contributed by atoms with Gasteiger partial charge in [-0.1, -0.05) is 125 Å². The van der Waals surface area contributed by atoms with Gasteiger partial charge in [-0.25, -0.2) is 0 Å². The van der Waals surface area contributed by atoms with Gasteiger partial charge in [-0.2, -0.15) is 0 Å². The second-order valence-corrected chi connectivity index (χ2v) is 13.3. The summed E-state index contributed by atoms with van der Waals surface area (Å²) in [4.78, 5) is 29.0. The molecule has 1 aliphatic rings. The van der Waals surface area contributed by atoms with Crippen molar-refractivity contribution < 1.29 is 19.1 Å². The zero-order chi connectivity index (χ0) is 35.0. The summed E-state index contributed by atoms with van der Waals surface area (Å²) in [6.45, 7) is 5.45. The number of allylic oxidation sites excluding steroid dienone is 12. The van der Waals surface area contributed by atoms with E-state index in [1.54, 1.807) is 0 Å². The molecule has 5 heteroatoms. The smallest absolute Gasteiger partial charge is 0.290 e. The third-order valence-electron chi connectivity index (χ3n) is 8.55. The summed E-state index contributed by atoms with van der Waals surface area (Å²) in [5, 5.41) is 0. The molecule has 0 amide bonds. The Kier molecular flexibility index (Phi) is 27.9. The Labute approximate surface area is 295 Å². The van der Waals surface area contributed by atoms with E-state index >= 15 is 0 Å². The van der Waals surface area contributed by atoms with Gasteiger partial charge >= 0.3 is 0 Å². The predicted octanol–water partition coefficient (Wildman–Crippen LogP) is 11.4. The molecule has 0 saturated carbocycles. The van der Waals surface area contributed by atoms with Crippen LogP contribution in [0.1, 0.15) is 149 Å². The molecule has 1 atom stereocenters. The average molecular weight is 666 g/mol. The summed E-state index contributed by atoms with van der Waals surface area (Å²) in [6, 6.07) is 0. The molecule has 0 aromatic heterocycles. The van der Waals surface area contributed by atoms with Crippen LogP contribution in [0.25, 0.3) is 0 Å². The topological polar surface area (TPSA) is 55.8 Å². The molecule has 1 saturated heterocycles. The van der Waals surface area contributed by atoms with Crippen LogP contribution >= 0.6 is 0 Å². The molecule has 48 heavy (non-hydrogen) atoms. The third kappa shape index (κ3) is 22.3. The van der Waals surface area contributed by atoms with Gasteiger partial charge in [-0.15, -0.1) is 0 Å². The first-order valence-electron chi connectivity index (χ1n) is 19.4. The number of ether oxygens (including phenoxy) is 2. The van der Waals surface area contributed by atoms with E-state index < -0.39 is 5.79 Å². The van der Waals surface area contributed by atoms with Crippen molar-refractivity contribution >= 4 is 11.6 Å². The summed E-state index contributed by atoms with van der Waals surface area (Å²) < 4.78 is 12.2. The molecule has 272 valence electrons. The van der Waals surface area contributed by atoms with Gasteiger partial charge in [0.2, 0.25) is 0 Å². The lowest BCUT2D eigenvalue weighted by Crippen LogP contribution is -2.48. The van der Waals surface area contributed by atoms with Crippen molar-refractivity contribution in [3.63, 3.8) is 0 Å². The van der Waals surface area contributed by atoms with Crippen LogP contribution < -0.4 is 0 Å². The lowest BCUT2D eigenvalue weighted by Gasteiger charge is -2.25. The van der Waals surface area contributed by atoms with E-state index in [-0.39, 0.29) is 17.7 Å². The zero-order valence-electron chi connectivity index (χ0n) is 31.3. The highest BCUT2D eigenvalue weighted by molar-refractivity contribution is 6.09. The highest BCUT2D eigenvalue weighted by atomic mass is 16.8. The fourth-order valence-corrected chi connectivity index (χ4v) is 5.64. The molecule has 1 unspecified atom stereocenters. The molecule has 1 heterocycles. The van der Waals surface area contributed by atoms with E-state index in [2.05, 4.69) is 91.7 Å². The van der Waals surface area contributed by atoms with Crippen LogP contribution in [-0.2, 0) is 19.1 Å². The second-order valence-electron chi connectivity index (χ2n) is 13.3. The summed E-state index contributed by atoms with van der Waals surface area (Å²) in [6.07, 6.45) is 46.8. The predicted molar refractivity (Wildman–Crippen MR) is 205 cm³/mol. The lowest BCUT2D eigenvalue weighted by atomic mass is 9.96. The first-order valence-corrected chi connectivity index (χ1v) is 19.4. The van der Waals surface area contributed by atoms with E-state index in [0.717, 1.165) is 116 Å². The summed E-state index contributed by atoms with van der Waals surface area (Å²) in [7, 11) is 4.03. The molecular formula is C43H71NO4. The Morgan fingerprint density at radius 3 is 1.42 bits per heavy atom. The first kappa shape index (κ1) is 43.7. The minimum atomic E-state index is -1.69. The normalized spacial score (nSPS) is 16.9. The van der Waals surface area contributed by atoms with Crippen LogP contribution in [0.3, 0.4) is 0 Å².